The van der Waals surface area contributed by atoms with E-state index in [2.05, 4.69) is 38.1 Å². The lowest BCUT2D eigenvalue weighted by Gasteiger charge is -2.38. The van der Waals surface area contributed by atoms with Gasteiger partial charge >= 0.3 is 12.4 Å². The van der Waals surface area contributed by atoms with Crippen LogP contribution in [0.4, 0.5) is 62.3 Å². The Balaban J connectivity index is 0.000000278. The number of hydrogen-bond acceptors (Lipinski definition) is 24. The summed E-state index contributed by atoms with van der Waals surface area (Å²) in [7, 11) is 0. The minimum Gasteiger partial charge on any atom is -0.491 e. The number of rotatable bonds is 45. The molecule has 146 heavy (non-hydrogen) atoms. The molecule has 27 nitrogen and oxygen atoms in total. The number of Topliss-reactive ketones (excluding diaryl/α,β-unsaturated/α-hetero) is 1. The summed E-state index contributed by atoms with van der Waals surface area (Å²) in [5, 5.41) is 49.5. The molecule has 1 unspecified atom stereocenters. The number of carbonyl (C=O) groups is 6. The smallest absolute Gasteiger partial charge is 0.417 e. The molecule has 788 valence electrons. The third kappa shape index (κ3) is 29.1. The quantitative estimate of drug-likeness (QED) is 0.0102. The Bertz CT molecular complexity index is 5980. The van der Waals surface area contributed by atoms with Crippen molar-refractivity contribution in [2.24, 2.45) is 22.7 Å². The number of nitrogens with zero attached hydrogens (tertiary/aromatic N) is 10. The van der Waals surface area contributed by atoms with Crippen molar-refractivity contribution in [1.82, 2.24) is 35.7 Å². The molecule has 12 rings (SSSR count). The monoisotopic (exact) mass is 2110 g/mol. The van der Waals surface area contributed by atoms with Gasteiger partial charge in [-0.05, 0) is 232 Å². The number of ether oxygens (including phenoxy) is 6. The van der Waals surface area contributed by atoms with Crippen molar-refractivity contribution in [3.8, 4) is 44.5 Å². The minimum atomic E-state index is -4.89. The number of aromatic nitrogens is 2. The summed E-state index contributed by atoms with van der Waals surface area (Å²) in [5.74, 6) is -6.29. The molecule has 40 heteroatoms. The summed E-state index contributed by atoms with van der Waals surface area (Å²) in [6.45, 7) is 31.1. The number of likely N-dealkylation sites (tertiary alicyclic amines) is 2. The number of carbonyl (C=O) groups excluding carboxylic acids is 6. The van der Waals surface area contributed by atoms with Crippen LogP contribution in [0.5, 0.6) is 11.5 Å². The Hall–Kier alpha value is -11.0. The zero-order valence-electron chi connectivity index (χ0n) is 84.6. The number of nitrogens with one attached hydrogen (secondary N) is 3. The van der Waals surface area contributed by atoms with Crippen LogP contribution in [0, 0.1) is 76.6 Å². The van der Waals surface area contributed by atoms with Crippen molar-refractivity contribution in [3.05, 3.63) is 189 Å². The van der Waals surface area contributed by atoms with Crippen LogP contribution >= 0.6 is 47.1 Å². The number of benzene rings is 6. The van der Waals surface area contributed by atoms with Gasteiger partial charge in [-0.15, -0.1) is 22.7 Å². The fraction of sp³-hybridized carbons (Fsp3) is 0.509. The molecular formula is C106H128F9N13O14S4. The van der Waals surface area contributed by atoms with Gasteiger partial charge in [0.2, 0.25) is 17.7 Å². The van der Waals surface area contributed by atoms with Crippen molar-refractivity contribution >= 4 is 115 Å². The lowest BCUT2D eigenvalue weighted by Crippen LogP contribution is -2.55. The van der Waals surface area contributed by atoms with E-state index < -0.39 is 110 Å². The van der Waals surface area contributed by atoms with Gasteiger partial charge in [0, 0.05) is 108 Å². The third-order valence-electron chi connectivity index (χ3n) is 26.2. The van der Waals surface area contributed by atoms with Crippen molar-refractivity contribution in [3.63, 3.8) is 0 Å². The number of thiazole rings is 2. The van der Waals surface area contributed by atoms with E-state index in [-0.39, 0.29) is 137 Å². The first-order chi connectivity index (χ1) is 68.8. The molecule has 0 aliphatic carbocycles. The Morgan fingerprint density at radius 3 is 1.49 bits per heavy atom. The number of thiocarbonyl (C=S) groups is 2. The minimum absolute atomic E-state index is 0.00374. The predicted molar refractivity (Wildman–Crippen MR) is 547 cm³/mol. The summed E-state index contributed by atoms with van der Waals surface area (Å²) in [6.07, 6.45) is -5.49. The number of hydrogen-bond donors (Lipinski definition) is 5. The first kappa shape index (κ1) is 115. The SMILES string of the molecule is Cc1ncsc1-c1ccc([C@H](C)NC(=O)[C@@H]2C[C@@H](C)CN2C(=O)[C@@H](CC(=O)COCCCOCCCCCOc2ccc(N3C(=S)N(c4ccc(C#N)c(C(F)(F)F)c4)C(=O)C3(C)C)cc2F)C(C)(C)C)cc1.Cc1ncsc1-c1ccc([C@H](C)NC(O)[C@@H]2C[C@@H](O)CN2C[C@@H](NC(=O)COCCCOCCCCCOc2c(F)cc(N3C(=S)N(c4ccc(C#N)c(C(F)(F)F)c4)C(=O)C3(C)C)cc2F)C(C)(C)C)cc1. The lowest BCUT2D eigenvalue weighted by molar-refractivity contribution is -0.146. The van der Waals surface area contributed by atoms with E-state index in [1.807, 2.05) is 128 Å². The van der Waals surface area contributed by atoms with Gasteiger partial charge in [0.1, 0.15) is 36.6 Å². The van der Waals surface area contributed by atoms with E-state index in [1.165, 1.54) is 62.9 Å². The fourth-order valence-corrected chi connectivity index (χ4v) is 20.7. The van der Waals surface area contributed by atoms with Crippen molar-refractivity contribution in [2.75, 3.05) is 105 Å². The zero-order chi connectivity index (χ0) is 107. The molecule has 9 atom stereocenters. The summed E-state index contributed by atoms with van der Waals surface area (Å²) >= 11 is 14.2. The number of anilines is 4. The average Bonchev–Trinajstić information content (AvgIpc) is 1.58. The number of nitriles is 2. The molecule has 0 radical (unpaired) electrons. The summed E-state index contributed by atoms with van der Waals surface area (Å²) in [4.78, 5) is 100. The molecule has 5 N–H and O–H groups in total. The predicted octanol–water partition coefficient (Wildman–Crippen LogP) is 19.6. The Kier molecular flexibility index (Phi) is 39.8. The molecule has 5 amide bonds. The molecule has 4 saturated heterocycles. The summed E-state index contributed by atoms with van der Waals surface area (Å²) in [6, 6.07) is 29.0. The lowest BCUT2D eigenvalue weighted by atomic mass is 9.77. The van der Waals surface area contributed by atoms with E-state index in [0.29, 0.717) is 116 Å². The van der Waals surface area contributed by atoms with E-state index in [4.69, 9.17) is 52.9 Å². The molecule has 0 bridgehead atoms. The number of alkyl halides is 6. The van der Waals surface area contributed by atoms with Crippen LogP contribution < -0.4 is 45.0 Å². The summed E-state index contributed by atoms with van der Waals surface area (Å²) in [5.41, 5.74) is 1.81. The Morgan fingerprint density at radius 1 is 0.562 bits per heavy atom. The largest absolute Gasteiger partial charge is 0.491 e. The normalized spacial score (nSPS) is 18.1. The summed E-state index contributed by atoms with van der Waals surface area (Å²) < 4.78 is 162. The second kappa shape index (κ2) is 50.3. The van der Waals surface area contributed by atoms with Crippen molar-refractivity contribution in [2.45, 2.75) is 240 Å². The molecule has 0 spiro atoms. The molecule has 0 saturated carbocycles. The molecule has 4 aliphatic rings. The number of β-amino-alcohol motifs (C(OH)–C–C–N with tert-alkyl or cyclic N) is 1. The maximum Gasteiger partial charge on any atom is 0.417 e. The average molecular weight is 2110 g/mol. The van der Waals surface area contributed by atoms with Crippen molar-refractivity contribution < 1.29 is 107 Å². The highest BCUT2D eigenvalue weighted by Gasteiger charge is 2.54. The van der Waals surface area contributed by atoms with E-state index >= 15 is 13.2 Å². The first-order valence-corrected chi connectivity index (χ1v) is 51.2. The highest BCUT2D eigenvalue weighted by atomic mass is 32.1. The highest BCUT2D eigenvalue weighted by molar-refractivity contribution is 7.81. The van der Waals surface area contributed by atoms with Crippen LogP contribution in [0.1, 0.15) is 217 Å². The van der Waals surface area contributed by atoms with E-state index in [1.54, 1.807) is 27.6 Å². The zero-order valence-corrected chi connectivity index (χ0v) is 87.9. The number of amides is 5. The third-order valence-corrected chi connectivity index (χ3v) is 28.9. The molecular weight excluding hydrogens is 1980 g/mol. The maximum absolute atomic E-state index is 15.4. The van der Waals surface area contributed by atoms with E-state index in [9.17, 15) is 75.8 Å². The highest BCUT2D eigenvalue weighted by Crippen LogP contribution is 2.46. The Morgan fingerprint density at radius 2 is 1.02 bits per heavy atom. The van der Waals surface area contributed by atoms with Crippen LogP contribution in [0.25, 0.3) is 20.9 Å². The number of aryl methyl sites for hydroxylation is 2. The van der Waals surface area contributed by atoms with Crippen LogP contribution in [-0.2, 0) is 60.1 Å². The Labute approximate surface area is 864 Å². The number of unbranched alkanes of at least 4 members (excludes halogenated alkanes) is 4. The molecule has 6 aromatic carbocycles. The van der Waals surface area contributed by atoms with Gasteiger partial charge in [-0.3, -0.25) is 48.8 Å². The van der Waals surface area contributed by atoms with Gasteiger partial charge in [-0.2, -0.15) is 36.9 Å². The van der Waals surface area contributed by atoms with Gasteiger partial charge in [-0.25, -0.2) is 23.1 Å². The van der Waals surface area contributed by atoms with Crippen molar-refractivity contribution in [1.29, 1.82) is 10.5 Å². The van der Waals surface area contributed by atoms with Crippen LogP contribution in [0.3, 0.4) is 0 Å². The number of halogens is 9. The second-order valence-corrected chi connectivity index (χ2v) is 42.7. The van der Waals surface area contributed by atoms with Gasteiger partial charge < -0.3 is 64.0 Å². The standard InChI is InChI=1S/C54H64F4N6O7S2.C52H64F5N7O7S2/c1-33-25-45(48(66)61-34(2)36-13-15-37(16-14-36)47-35(3)60-32-73-47)62(30-33)49(67)43(52(4,5)6)28-41(65)31-70-23-12-22-69-21-10-9-11-24-71-46-20-19-40(27-44(46)55)64-51(72)63(50(68)53(64,7)8)39-18-17-38(29-59)42(26-39)54(56,57)58;1-31(33-12-14-34(15-13-33)46-32(2)59-30-73-46)60-47(67)42-25-38(65)27-62(42)28-43(50(3,4)5)61-44(66)29-70-20-11-19-69-18-9-8-10-21-71-45-40(53)23-37(24-41(45)54)64-49(72)63(48(68)51(64,6)7)36-17-16-35(26-58)39(22-36)52(55,56)57/h13-20,26-27,32-34,43,45H,9-12,21-25,28,30-31H2,1-8H3,(H,61,66);12-17,22-24,30-31,38,42-43,47,60,65,67H,8-11,18-21,25,27-29H2,1-7H3,(H,61,66)/t33-,34+,43-,45+;31-,38+,42-,43+,47?/m10/s1. The first-order valence-electron chi connectivity index (χ1n) is 48.6. The van der Waals surface area contributed by atoms with Gasteiger partial charge in [-0.1, -0.05) is 97.0 Å². The van der Waals surface area contributed by atoms with Crippen LogP contribution in [0.2, 0.25) is 0 Å². The topological polar surface area (TPSA) is 327 Å². The molecule has 8 aromatic rings. The number of aliphatic hydroxyl groups is 2. The van der Waals surface area contributed by atoms with E-state index in [0.717, 1.165) is 107 Å². The number of ketones is 1. The second-order valence-electron chi connectivity index (χ2n) is 40.3. The van der Waals surface area contributed by atoms with Crippen LogP contribution in [0.15, 0.2) is 126 Å². The number of aliphatic hydroxyl groups excluding tert-OH is 2. The molecule has 6 heterocycles. The fourth-order valence-electron chi connectivity index (χ4n) is 18.0. The van der Waals surface area contributed by atoms with Gasteiger partial charge in [0.25, 0.3) is 11.8 Å². The molecule has 2 aromatic heterocycles. The van der Waals surface area contributed by atoms with Gasteiger partial charge in [0.15, 0.2) is 45.0 Å². The van der Waals surface area contributed by atoms with Crippen LogP contribution in [-0.4, -0.2) is 203 Å². The molecule has 4 aliphatic heterocycles. The van der Waals surface area contributed by atoms with Gasteiger partial charge in [0.05, 0.1) is 115 Å². The molecule has 4 fully saturated rings. The maximum atomic E-state index is 15.4.